The van der Waals surface area contributed by atoms with Gasteiger partial charge in [0.25, 0.3) is 0 Å². The van der Waals surface area contributed by atoms with E-state index in [1.807, 2.05) is 7.05 Å². The van der Waals surface area contributed by atoms with Gasteiger partial charge in [-0.1, -0.05) is 6.42 Å². The van der Waals surface area contributed by atoms with Crippen molar-refractivity contribution in [2.24, 2.45) is 11.8 Å². The highest BCUT2D eigenvalue weighted by Gasteiger charge is 2.38. The second kappa shape index (κ2) is 5.69. The number of nitrogens with one attached hydrogen (secondary N) is 1. The van der Waals surface area contributed by atoms with Crippen molar-refractivity contribution in [3.63, 3.8) is 0 Å². The fourth-order valence-electron chi connectivity index (χ4n) is 3.16. The fourth-order valence-corrected chi connectivity index (χ4v) is 3.16. The normalized spacial score (nSPS) is 33.3. The lowest BCUT2D eigenvalue weighted by atomic mass is 9.94. The van der Waals surface area contributed by atoms with Crippen molar-refractivity contribution in [2.75, 3.05) is 20.1 Å². The smallest absolute Gasteiger partial charge is 0.307 e. The number of carbonyl (C=O) groups is 2. The van der Waals surface area contributed by atoms with E-state index in [1.165, 1.54) is 0 Å². The molecule has 0 bridgehead atoms. The minimum absolute atomic E-state index is 0.0554. The summed E-state index contributed by atoms with van der Waals surface area (Å²) in [6, 6.07) is 0.186. The first-order valence-corrected chi connectivity index (χ1v) is 6.79. The molecule has 0 radical (unpaired) electrons. The summed E-state index contributed by atoms with van der Waals surface area (Å²) in [6.45, 7) is 1.95. The molecule has 1 heterocycles. The molecule has 0 aromatic heterocycles. The zero-order valence-corrected chi connectivity index (χ0v) is 10.9. The van der Waals surface area contributed by atoms with Crippen molar-refractivity contribution in [3.05, 3.63) is 0 Å². The molecular weight excluding hydrogens is 232 g/mol. The summed E-state index contributed by atoms with van der Waals surface area (Å²) in [4.78, 5) is 25.4. The zero-order chi connectivity index (χ0) is 13.1. The van der Waals surface area contributed by atoms with Crippen molar-refractivity contribution in [2.45, 2.75) is 38.1 Å². The SMILES string of the molecule is CN1CCCC(NC(=O)[C@@H]2CCC[C@@H]2C(=O)O)C1. The van der Waals surface area contributed by atoms with E-state index >= 15 is 0 Å². The van der Waals surface area contributed by atoms with Crippen molar-refractivity contribution in [1.29, 1.82) is 0 Å². The molecule has 1 unspecified atom stereocenters. The summed E-state index contributed by atoms with van der Waals surface area (Å²) >= 11 is 0. The lowest BCUT2D eigenvalue weighted by Crippen LogP contribution is -2.48. The molecule has 0 spiro atoms. The first kappa shape index (κ1) is 13.3. The van der Waals surface area contributed by atoms with Gasteiger partial charge in [0, 0.05) is 12.6 Å². The van der Waals surface area contributed by atoms with Gasteiger partial charge in [0.2, 0.25) is 5.91 Å². The third-order valence-electron chi connectivity index (χ3n) is 4.14. The maximum absolute atomic E-state index is 12.1. The summed E-state index contributed by atoms with van der Waals surface area (Å²) in [5, 5.41) is 12.1. The standard InChI is InChI=1S/C13H22N2O3/c1-15-7-3-4-9(8-15)14-12(16)10-5-2-6-11(10)13(17)18/h9-11H,2-8H2,1H3,(H,14,16)(H,17,18)/t9?,10-,11+/m1/s1. The van der Waals surface area contributed by atoms with Gasteiger partial charge in [-0.2, -0.15) is 0 Å². The maximum atomic E-state index is 12.1. The number of likely N-dealkylation sites (tertiary alicyclic amines) is 1. The number of aliphatic carboxylic acids is 1. The molecule has 1 saturated carbocycles. The van der Waals surface area contributed by atoms with Crippen LogP contribution in [0.25, 0.3) is 0 Å². The summed E-state index contributed by atoms with van der Waals surface area (Å²) in [5.74, 6) is -1.69. The van der Waals surface area contributed by atoms with Crippen LogP contribution < -0.4 is 5.32 Å². The molecule has 1 saturated heterocycles. The van der Waals surface area contributed by atoms with Crippen LogP contribution in [0.15, 0.2) is 0 Å². The van der Waals surface area contributed by atoms with E-state index in [2.05, 4.69) is 10.2 Å². The average Bonchev–Trinajstić information content (AvgIpc) is 2.77. The molecule has 1 aliphatic carbocycles. The van der Waals surface area contributed by atoms with Gasteiger partial charge in [-0.15, -0.1) is 0 Å². The lowest BCUT2D eigenvalue weighted by Gasteiger charge is -2.31. The van der Waals surface area contributed by atoms with E-state index in [4.69, 9.17) is 5.11 Å². The van der Waals surface area contributed by atoms with Gasteiger partial charge in [0.05, 0.1) is 11.8 Å². The highest BCUT2D eigenvalue weighted by Crippen LogP contribution is 2.32. The van der Waals surface area contributed by atoms with Crippen LogP contribution in [0.5, 0.6) is 0 Å². The largest absolute Gasteiger partial charge is 0.481 e. The number of nitrogens with zero attached hydrogens (tertiary/aromatic N) is 1. The van der Waals surface area contributed by atoms with Gasteiger partial charge < -0.3 is 15.3 Å². The molecule has 1 amide bonds. The number of carboxylic acids is 1. The zero-order valence-electron chi connectivity index (χ0n) is 10.9. The predicted octanol–water partition coefficient (Wildman–Crippen LogP) is 0.698. The maximum Gasteiger partial charge on any atom is 0.307 e. The Morgan fingerprint density at radius 2 is 1.89 bits per heavy atom. The van der Waals surface area contributed by atoms with Crippen LogP contribution in [-0.2, 0) is 9.59 Å². The minimum Gasteiger partial charge on any atom is -0.481 e. The van der Waals surface area contributed by atoms with E-state index in [0.29, 0.717) is 12.8 Å². The highest BCUT2D eigenvalue weighted by atomic mass is 16.4. The van der Waals surface area contributed by atoms with Crippen LogP contribution in [0, 0.1) is 11.8 Å². The monoisotopic (exact) mass is 254 g/mol. The number of carbonyl (C=O) groups excluding carboxylic acids is 1. The van der Waals surface area contributed by atoms with Gasteiger partial charge in [-0.3, -0.25) is 9.59 Å². The molecule has 0 aromatic carbocycles. The molecule has 2 aliphatic rings. The quantitative estimate of drug-likeness (QED) is 0.778. The van der Waals surface area contributed by atoms with Gasteiger partial charge in [-0.05, 0) is 39.3 Å². The molecule has 1 aliphatic heterocycles. The van der Waals surface area contributed by atoms with Crippen LogP contribution in [0.4, 0.5) is 0 Å². The molecule has 5 nitrogen and oxygen atoms in total. The van der Waals surface area contributed by atoms with E-state index in [9.17, 15) is 9.59 Å². The summed E-state index contributed by atoms with van der Waals surface area (Å²) in [5.41, 5.74) is 0. The van der Waals surface area contributed by atoms with Gasteiger partial charge in [0.15, 0.2) is 0 Å². The third kappa shape index (κ3) is 3.02. The summed E-state index contributed by atoms with van der Waals surface area (Å²) in [7, 11) is 2.05. The predicted molar refractivity (Wildman–Crippen MR) is 67.1 cm³/mol. The Bertz CT molecular complexity index is 332. The number of amides is 1. The highest BCUT2D eigenvalue weighted by molar-refractivity contribution is 5.85. The van der Waals surface area contributed by atoms with E-state index in [-0.39, 0.29) is 17.9 Å². The van der Waals surface area contributed by atoms with Crippen LogP contribution in [-0.4, -0.2) is 48.1 Å². The second-order valence-electron chi connectivity index (χ2n) is 5.59. The van der Waals surface area contributed by atoms with Crippen LogP contribution in [0.3, 0.4) is 0 Å². The number of piperidine rings is 1. The Labute approximate surface area is 108 Å². The molecule has 2 fully saturated rings. The number of carboxylic acid groups (broad SMARTS) is 1. The molecular formula is C13H22N2O3. The molecule has 0 aromatic rings. The molecule has 2 rings (SSSR count). The van der Waals surface area contributed by atoms with Crippen molar-refractivity contribution < 1.29 is 14.7 Å². The number of hydrogen-bond acceptors (Lipinski definition) is 3. The Morgan fingerprint density at radius 3 is 2.56 bits per heavy atom. The third-order valence-corrected chi connectivity index (χ3v) is 4.14. The van der Waals surface area contributed by atoms with Gasteiger partial charge >= 0.3 is 5.97 Å². The van der Waals surface area contributed by atoms with Crippen molar-refractivity contribution in [3.8, 4) is 0 Å². The molecule has 102 valence electrons. The molecule has 3 atom stereocenters. The molecule has 2 N–H and O–H groups in total. The van der Waals surface area contributed by atoms with Crippen molar-refractivity contribution in [1.82, 2.24) is 10.2 Å². The van der Waals surface area contributed by atoms with Crippen LogP contribution in [0.1, 0.15) is 32.1 Å². The van der Waals surface area contributed by atoms with E-state index in [0.717, 1.165) is 32.4 Å². The lowest BCUT2D eigenvalue weighted by molar-refractivity contribution is -0.146. The first-order chi connectivity index (χ1) is 8.58. The number of rotatable bonds is 3. The Morgan fingerprint density at radius 1 is 1.17 bits per heavy atom. The average molecular weight is 254 g/mol. The topological polar surface area (TPSA) is 69.6 Å². The van der Waals surface area contributed by atoms with Crippen LogP contribution >= 0.6 is 0 Å². The Hall–Kier alpha value is -1.10. The van der Waals surface area contributed by atoms with Gasteiger partial charge in [-0.25, -0.2) is 0 Å². The molecule has 5 heteroatoms. The van der Waals surface area contributed by atoms with Gasteiger partial charge in [0.1, 0.15) is 0 Å². The molecule has 18 heavy (non-hydrogen) atoms. The summed E-state index contributed by atoms with van der Waals surface area (Å²) in [6.07, 6.45) is 4.29. The Kier molecular flexibility index (Phi) is 4.22. The summed E-state index contributed by atoms with van der Waals surface area (Å²) < 4.78 is 0. The second-order valence-corrected chi connectivity index (χ2v) is 5.59. The van der Waals surface area contributed by atoms with Crippen molar-refractivity contribution >= 4 is 11.9 Å². The van der Waals surface area contributed by atoms with Crippen LogP contribution in [0.2, 0.25) is 0 Å². The Balaban J connectivity index is 1.89. The van der Waals surface area contributed by atoms with E-state index in [1.54, 1.807) is 0 Å². The first-order valence-electron chi connectivity index (χ1n) is 6.79. The fraction of sp³-hybridized carbons (Fsp3) is 0.846. The van der Waals surface area contributed by atoms with E-state index < -0.39 is 11.9 Å². The number of hydrogen-bond donors (Lipinski definition) is 2. The minimum atomic E-state index is -0.826. The number of likely N-dealkylation sites (N-methyl/N-ethyl adjacent to an activating group) is 1.